The molecule has 9 heteroatoms. The molecule has 0 aliphatic rings. The summed E-state index contributed by atoms with van der Waals surface area (Å²) in [7, 11) is 3.17. The van der Waals surface area contributed by atoms with Crippen LogP contribution in [0.2, 0.25) is 0 Å². The second kappa shape index (κ2) is 6.44. The number of anilines is 1. The van der Waals surface area contributed by atoms with Crippen molar-refractivity contribution in [3.8, 4) is 11.5 Å². The molecule has 2 aromatic rings. The number of aryl methyl sites for hydroxylation is 1. The Balaban J connectivity index is 2.22. The lowest BCUT2D eigenvalue weighted by molar-refractivity contribution is 0.400. The Morgan fingerprint density at radius 2 is 2.00 bits per heavy atom. The minimum absolute atomic E-state index is 0.340. The lowest BCUT2D eigenvalue weighted by atomic mass is 10.2. The maximum absolute atomic E-state index is 5.71. The molecule has 0 atom stereocenters. The Bertz CT molecular complexity index is 670. The molecule has 0 spiro atoms. The summed E-state index contributed by atoms with van der Waals surface area (Å²) in [5.41, 5.74) is 3.45. The molecular weight excluding hydrogens is 340 g/mol. The summed E-state index contributed by atoms with van der Waals surface area (Å²) in [5, 5.41) is 11.7. The average molecular weight is 355 g/mol. The van der Waals surface area contributed by atoms with Gasteiger partial charge in [-0.25, -0.2) is 10.1 Å². The SMILES string of the molecule is COc1cc(/C=N/Nc2nnc(C)n2N)c(OC)cc1Br. The molecule has 1 aromatic carbocycles. The number of benzene rings is 1. The summed E-state index contributed by atoms with van der Waals surface area (Å²) in [5.74, 6) is 7.95. The third-order valence-corrected chi connectivity index (χ3v) is 3.36. The number of hydrogen-bond acceptors (Lipinski definition) is 7. The van der Waals surface area contributed by atoms with Crippen molar-refractivity contribution in [2.75, 3.05) is 25.5 Å². The first kappa shape index (κ1) is 15.1. The number of aromatic nitrogens is 3. The van der Waals surface area contributed by atoms with E-state index >= 15 is 0 Å². The van der Waals surface area contributed by atoms with Gasteiger partial charge >= 0.3 is 0 Å². The molecule has 3 N–H and O–H groups in total. The molecule has 0 unspecified atom stereocenters. The van der Waals surface area contributed by atoms with Gasteiger partial charge < -0.3 is 15.3 Å². The van der Waals surface area contributed by atoms with Gasteiger partial charge in [-0.15, -0.1) is 10.2 Å². The van der Waals surface area contributed by atoms with Gasteiger partial charge in [-0.2, -0.15) is 5.10 Å². The number of methoxy groups -OCH3 is 2. The molecule has 1 aromatic heterocycles. The minimum atomic E-state index is 0.340. The highest BCUT2D eigenvalue weighted by Gasteiger charge is 2.08. The lowest BCUT2D eigenvalue weighted by Crippen LogP contribution is -2.13. The number of nitrogen functional groups attached to an aromatic ring is 1. The second-order valence-corrected chi connectivity index (χ2v) is 4.89. The van der Waals surface area contributed by atoms with E-state index in [2.05, 4.69) is 36.7 Å². The molecule has 2 rings (SSSR count). The van der Waals surface area contributed by atoms with Crippen LogP contribution in [0.4, 0.5) is 5.95 Å². The zero-order chi connectivity index (χ0) is 15.4. The summed E-state index contributed by atoms with van der Waals surface area (Å²) >= 11 is 3.40. The molecule has 0 bridgehead atoms. The highest BCUT2D eigenvalue weighted by atomic mass is 79.9. The number of nitrogens with one attached hydrogen (secondary N) is 1. The maximum atomic E-state index is 5.71. The first-order valence-corrected chi connectivity index (χ1v) is 6.73. The number of hydrazone groups is 1. The Morgan fingerprint density at radius 3 is 2.57 bits per heavy atom. The Labute approximate surface area is 130 Å². The van der Waals surface area contributed by atoms with E-state index in [0.29, 0.717) is 23.3 Å². The molecule has 112 valence electrons. The quantitative estimate of drug-likeness (QED) is 0.479. The molecule has 0 aliphatic carbocycles. The van der Waals surface area contributed by atoms with Crippen LogP contribution < -0.4 is 20.7 Å². The van der Waals surface area contributed by atoms with Gasteiger partial charge in [-0.1, -0.05) is 0 Å². The maximum Gasteiger partial charge on any atom is 0.263 e. The first-order chi connectivity index (χ1) is 10.1. The number of hydrogen-bond donors (Lipinski definition) is 2. The van der Waals surface area contributed by atoms with Gasteiger partial charge in [0.25, 0.3) is 5.95 Å². The zero-order valence-corrected chi connectivity index (χ0v) is 13.4. The number of nitrogens with two attached hydrogens (primary N) is 1. The Kier molecular flexibility index (Phi) is 4.63. The highest BCUT2D eigenvalue weighted by molar-refractivity contribution is 9.10. The number of nitrogens with zero attached hydrogens (tertiary/aromatic N) is 4. The van der Waals surface area contributed by atoms with E-state index < -0.39 is 0 Å². The second-order valence-electron chi connectivity index (χ2n) is 4.04. The Morgan fingerprint density at radius 1 is 1.29 bits per heavy atom. The van der Waals surface area contributed by atoms with Crippen molar-refractivity contribution < 1.29 is 9.47 Å². The van der Waals surface area contributed by atoms with Gasteiger partial charge in [0.1, 0.15) is 11.5 Å². The summed E-state index contributed by atoms with van der Waals surface area (Å²) in [4.78, 5) is 0. The summed E-state index contributed by atoms with van der Waals surface area (Å²) in [6.07, 6.45) is 1.58. The van der Waals surface area contributed by atoms with Crippen molar-refractivity contribution in [1.82, 2.24) is 14.9 Å². The van der Waals surface area contributed by atoms with Crippen molar-refractivity contribution in [2.24, 2.45) is 5.10 Å². The van der Waals surface area contributed by atoms with Crippen LogP contribution in [0, 0.1) is 6.92 Å². The average Bonchev–Trinajstić information content (AvgIpc) is 2.80. The number of halogens is 1. The van der Waals surface area contributed by atoms with Crippen molar-refractivity contribution in [1.29, 1.82) is 0 Å². The van der Waals surface area contributed by atoms with Crippen LogP contribution in [0.1, 0.15) is 11.4 Å². The fourth-order valence-corrected chi connectivity index (χ4v) is 2.07. The fraction of sp³-hybridized carbons (Fsp3) is 0.250. The molecule has 21 heavy (non-hydrogen) atoms. The highest BCUT2D eigenvalue weighted by Crippen LogP contribution is 2.31. The predicted molar refractivity (Wildman–Crippen MR) is 83.4 cm³/mol. The van der Waals surface area contributed by atoms with E-state index in [-0.39, 0.29) is 0 Å². The van der Waals surface area contributed by atoms with Crippen LogP contribution in [-0.2, 0) is 0 Å². The molecular formula is C12H15BrN6O2. The molecule has 8 nitrogen and oxygen atoms in total. The van der Waals surface area contributed by atoms with Crippen LogP contribution >= 0.6 is 15.9 Å². The first-order valence-electron chi connectivity index (χ1n) is 5.94. The van der Waals surface area contributed by atoms with Gasteiger partial charge in [0.15, 0.2) is 5.82 Å². The standard InChI is InChI=1S/C12H15BrN6O2/c1-7-16-18-12(19(7)14)17-15-6-8-4-11(21-3)9(13)5-10(8)20-2/h4-6H,14H2,1-3H3,(H,17,18)/b15-6+. The predicted octanol–water partition coefficient (Wildman–Crippen LogP) is 1.53. The van der Waals surface area contributed by atoms with E-state index in [1.165, 1.54) is 4.68 Å². The van der Waals surface area contributed by atoms with E-state index in [4.69, 9.17) is 15.3 Å². The molecule has 0 saturated heterocycles. The van der Waals surface area contributed by atoms with Crippen LogP contribution in [0.3, 0.4) is 0 Å². The fourth-order valence-electron chi connectivity index (χ4n) is 1.59. The third kappa shape index (κ3) is 3.24. The van der Waals surface area contributed by atoms with Crippen molar-refractivity contribution in [3.63, 3.8) is 0 Å². The normalized spacial score (nSPS) is 10.9. The number of rotatable bonds is 5. The van der Waals surface area contributed by atoms with E-state index in [1.807, 2.05) is 0 Å². The van der Waals surface area contributed by atoms with Crippen molar-refractivity contribution in [2.45, 2.75) is 6.92 Å². The van der Waals surface area contributed by atoms with E-state index in [1.54, 1.807) is 39.5 Å². The van der Waals surface area contributed by atoms with Gasteiger partial charge in [-0.3, -0.25) is 0 Å². The van der Waals surface area contributed by atoms with Crippen molar-refractivity contribution >= 4 is 28.1 Å². The van der Waals surface area contributed by atoms with Crippen LogP contribution in [0.15, 0.2) is 21.7 Å². The molecule has 0 radical (unpaired) electrons. The lowest BCUT2D eigenvalue weighted by Gasteiger charge is -2.09. The molecule has 1 heterocycles. The summed E-state index contributed by atoms with van der Waals surface area (Å²) in [6.45, 7) is 1.74. The monoisotopic (exact) mass is 354 g/mol. The van der Waals surface area contributed by atoms with Crippen LogP contribution in [0.5, 0.6) is 11.5 Å². The van der Waals surface area contributed by atoms with Gasteiger partial charge in [0, 0.05) is 5.56 Å². The van der Waals surface area contributed by atoms with E-state index in [9.17, 15) is 0 Å². The smallest absolute Gasteiger partial charge is 0.263 e. The summed E-state index contributed by atoms with van der Waals surface area (Å²) < 4.78 is 12.6. The van der Waals surface area contributed by atoms with Gasteiger partial charge in [0.2, 0.25) is 0 Å². The van der Waals surface area contributed by atoms with E-state index in [0.717, 1.165) is 10.0 Å². The molecule has 0 amide bonds. The zero-order valence-electron chi connectivity index (χ0n) is 11.8. The largest absolute Gasteiger partial charge is 0.496 e. The molecule has 0 fully saturated rings. The minimum Gasteiger partial charge on any atom is -0.496 e. The summed E-state index contributed by atoms with van der Waals surface area (Å²) in [6, 6.07) is 3.60. The molecule has 0 aliphatic heterocycles. The molecule has 0 saturated carbocycles. The van der Waals surface area contributed by atoms with Crippen LogP contribution in [0.25, 0.3) is 0 Å². The topological polar surface area (TPSA) is 99.6 Å². The third-order valence-electron chi connectivity index (χ3n) is 2.74. The van der Waals surface area contributed by atoms with Gasteiger partial charge in [-0.05, 0) is 35.0 Å². The van der Waals surface area contributed by atoms with Crippen molar-refractivity contribution in [3.05, 3.63) is 28.0 Å². The Hall–Kier alpha value is -2.29. The van der Waals surface area contributed by atoms with Gasteiger partial charge in [0.05, 0.1) is 24.9 Å². The number of ether oxygens (including phenoxy) is 2. The van der Waals surface area contributed by atoms with Crippen LogP contribution in [-0.4, -0.2) is 35.3 Å².